The van der Waals surface area contributed by atoms with Crippen LogP contribution in [-0.2, 0) is 4.79 Å². The number of benzene rings is 1. The third-order valence-corrected chi connectivity index (χ3v) is 2.93. The molecule has 0 bridgehead atoms. The van der Waals surface area contributed by atoms with Crippen LogP contribution in [-0.4, -0.2) is 24.4 Å². The predicted molar refractivity (Wildman–Crippen MR) is 70.7 cm³/mol. The SMILES string of the molecule is CCCCN(C)C(=O)C(N)c1ccc(C)cc1. The lowest BCUT2D eigenvalue weighted by molar-refractivity contribution is -0.131. The van der Waals surface area contributed by atoms with Gasteiger partial charge in [0.25, 0.3) is 0 Å². The lowest BCUT2D eigenvalue weighted by atomic mass is 10.0. The van der Waals surface area contributed by atoms with Gasteiger partial charge in [0.15, 0.2) is 0 Å². The maximum atomic E-state index is 12.0. The zero-order chi connectivity index (χ0) is 12.8. The van der Waals surface area contributed by atoms with Gasteiger partial charge in [-0.05, 0) is 18.9 Å². The van der Waals surface area contributed by atoms with Crippen molar-refractivity contribution in [1.82, 2.24) is 4.90 Å². The van der Waals surface area contributed by atoms with Crippen LogP contribution >= 0.6 is 0 Å². The van der Waals surface area contributed by atoms with Crippen LogP contribution in [0, 0.1) is 6.92 Å². The van der Waals surface area contributed by atoms with E-state index >= 15 is 0 Å². The number of hydrogen-bond acceptors (Lipinski definition) is 2. The average molecular weight is 234 g/mol. The predicted octanol–water partition coefficient (Wildman–Crippen LogP) is 2.25. The molecule has 0 aliphatic carbocycles. The molecule has 0 saturated heterocycles. The first-order chi connectivity index (χ1) is 8.06. The van der Waals surface area contributed by atoms with Crippen LogP contribution in [0.3, 0.4) is 0 Å². The second-order valence-electron chi connectivity index (χ2n) is 4.50. The number of nitrogens with zero attached hydrogens (tertiary/aromatic N) is 1. The Hall–Kier alpha value is -1.35. The van der Waals surface area contributed by atoms with Crippen LogP contribution in [0.1, 0.15) is 36.9 Å². The molecule has 0 aliphatic heterocycles. The van der Waals surface area contributed by atoms with Crippen molar-refractivity contribution in [2.24, 2.45) is 5.73 Å². The Morgan fingerprint density at radius 2 is 1.94 bits per heavy atom. The summed E-state index contributed by atoms with van der Waals surface area (Å²) in [5.74, 6) is -0.0118. The van der Waals surface area contributed by atoms with Gasteiger partial charge in [-0.3, -0.25) is 4.79 Å². The molecule has 0 saturated carbocycles. The zero-order valence-corrected chi connectivity index (χ0v) is 10.9. The fourth-order valence-corrected chi connectivity index (χ4v) is 1.66. The molecule has 0 radical (unpaired) electrons. The van der Waals surface area contributed by atoms with Crippen molar-refractivity contribution in [3.05, 3.63) is 35.4 Å². The first kappa shape index (κ1) is 13.7. The highest BCUT2D eigenvalue weighted by atomic mass is 16.2. The maximum absolute atomic E-state index is 12.0. The average Bonchev–Trinajstić information content (AvgIpc) is 2.35. The molecule has 0 aromatic heterocycles. The minimum Gasteiger partial charge on any atom is -0.344 e. The third-order valence-electron chi connectivity index (χ3n) is 2.93. The Labute approximate surface area is 104 Å². The van der Waals surface area contributed by atoms with Gasteiger partial charge in [-0.2, -0.15) is 0 Å². The van der Waals surface area contributed by atoms with Crippen LogP contribution in [0.25, 0.3) is 0 Å². The molecule has 0 fully saturated rings. The fraction of sp³-hybridized carbons (Fsp3) is 0.500. The molecule has 0 spiro atoms. The van der Waals surface area contributed by atoms with E-state index in [1.54, 1.807) is 4.90 Å². The number of hydrogen-bond donors (Lipinski definition) is 1. The molecule has 2 N–H and O–H groups in total. The van der Waals surface area contributed by atoms with Gasteiger partial charge in [0.2, 0.25) is 5.91 Å². The topological polar surface area (TPSA) is 46.3 Å². The van der Waals surface area contributed by atoms with Gasteiger partial charge in [0, 0.05) is 13.6 Å². The molecular weight excluding hydrogens is 212 g/mol. The largest absolute Gasteiger partial charge is 0.344 e. The second kappa shape index (κ2) is 6.40. The molecule has 3 nitrogen and oxygen atoms in total. The smallest absolute Gasteiger partial charge is 0.243 e. The number of unbranched alkanes of at least 4 members (excludes halogenated alkanes) is 1. The first-order valence-electron chi connectivity index (χ1n) is 6.13. The standard InChI is InChI=1S/C14H22N2O/c1-4-5-10-16(3)14(17)13(15)12-8-6-11(2)7-9-12/h6-9,13H,4-5,10,15H2,1-3H3. The highest BCUT2D eigenvalue weighted by molar-refractivity contribution is 5.82. The molecule has 0 aliphatic rings. The Morgan fingerprint density at radius 1 is 1.35 bits per heavy atom. The minimum absolute atomic E-state index is 0.0118. The van der Waals surface area contributed by atoms with Crippen LogP contribution in [0.2, 0.25) is 0 Å². The zero-order valence-electron chi connectivity index (χ0n) is 10.9. The van der Waals surface area contributed by atoms with Gasteiger partial charge in [-0.15, -0.1) is 0 Å². The molecule has 1 unspecified atom stereocenters. The van der Waals surface area contributed by atoms with Gasteiger partial charge in [0.05, 0.1) is 0 Å². The van der Waals surface area contributed by atoms with Crippen molar-refractivity contribution in [1.29, 1.82) is 0 Å². The van der Waals surface area contributed by atoms with E-state index in [0.717, 1.165) is 24.9 Å². The van der Waals surface area contributed by atoms with Gasteiger partial charge in [-0.25, -0.2) is 0 Å². The summed E-state index contributed by atoms with van der Waals surface area (Å²) in [6.07, 6.45) is 2.10. The first-order valence-corrected chi connectivity index (χ1v) is 6.13. The molecule has 0 heterocycles. The van der Waals surface area contributed by atoms with Gasteiger partial charge in [-0.1, -0.05) is 43.2 Å². The van der Waals surface area contributed by atoms with Gasteiger partial charge < -0.3 is 10.6 Å². The lowest BCUT2D eigenvalue weighted by Gasteiger charge is -2.21. The highest BCUT2D eigenvalue weighted by Crippen LogP contribution is 2.13. The highest BCUT2D eigenvalue weighted by Gasteiger charge is 2.18. The van der Waals surface area contributed by atoms with Crippen molar-refractivity contribution in [3.63, 3.8) is 0 Å². The summed E-state index contributed by atoms with van der Waals surface area (Å²) in [7, 11) is 1.81. The Bertz CT molecular complexity index is 359. The summed E-state index contributed by atoms with van der Waals surface area (Å²) in [6.45, 7) is 4.90. The summed E-state index contributed by atoms with van der Waals surface area (Å²) in [5, 5.41) is 0. The Balaban J connectivity index is 2.65. The Morgan fingerprint density at radius 3 is 2.47 bits per heavy atom. The van der Waals surface area contributed by atoms with Crippen molar-refractivity contribution < 1.29 is 4.79 Å². The van der Waals surface area contributed by atoms with Crippen LogP contribution in [0.5, 0.6) is 0 Å². The Kier molecular flexibility index (Phi) is 5.16. The maximum Gasteiger partial charge on any atom is 0.243 e. The molecule has 1 aromatic carbocycles. The van der Waals surface area contributed by atoms with Crippen molar-refractivity contribution in [2.75, 3.05) is 13.6 Å². The monoisotopic (exact) mass is 234 g/mol. The normalized spacial score (nSPS) is 12.2. The molecule has 1 aromatic rings. The van der Waals surface area contributed by atoms with E-state index < -0.39 is 6.04 Å². The minimum atomic E-state index is -0.544. The number of rotatable bonds is 5. The molecule has 1 amide bonds. The molecule has 94 valence electrons. The van der Waals surface area contributed by atoms with E-state index in [2.05, 4.69) is 6.92 Å². The van der Waals surface area contributed by atoms with E-state index in [9.17, 15) is 4.79 Å². The number of likely N-dealkylation sites (N-methyl/N-ethyl adjacent to an activating group) is 1. The molecule has 1 atom stereocenters. The number of aryl methyl sites for hydroxylation is 1. The number of nitrogens with two attached hydrogens (primary N) is 1. The quantitative estimate of drug-likeness (QED) is 0.849. The lowest BCUT2D eigenvalue weighted by Crippen LogP contribution is -2.36. The van der Waals surface area contributed by atoms with E-state index in [-0.39, 0.29) is 5.91 Å². The number of carbonyl (C=O) groups is 1. The fourth-order valence-electron chi connectivity index (χ4n) is 1.66. The molecule has 17 heavy (non-hydrogen) atoms. The second-order valence-corrected chi connectivity index (χ2v) is 4.50. The van der Waals surface area contributed by atoms with Gasteiger partial charge >= 0.3 is 0 Å². The summed E-state index contributed by atoms with van der Waals surface area (Å²) < 4.78 is 0. The van der Waals surface area contributed by atoms with Gasteiger partial charge in [0.1, 0.15) is 6.04 Å². The van der Waals surface area contributed by atoms with Crippen LogP contribution in [0.4, 0.5) is 0 Å². The molecule has 1 rings (SSSR count). The van der Waals surface area contributed by atoms with E-state index in [4.69, 9.17) is 5.73 Å². The van der Waals surface area contributed by atoms with E-state index in [1.807, 2.05) is 38.2 Å². The molecular formula is C14H22N2O. The number of amides is 1. The van der Waals surface area contributed by atoms with Crippen molar-refractivity contribution >= 4 is 5.91 Å². The van der Waals surface area contributed by atoms with Crippen molar-refractivity contribution in [3.8, 4) is 0 Å². The molecule has 3 heteroatoms. The summed E-state index contributed by atoms with van der Waals surface area (Å²) in [5.41, 5.74) is 8.02. The van der Waals surface area contributed by atoms with Crippen LogP contribution in [0.15, 0.2) is 24.3 Å². The summed E-state index contributed by atoms with van der Waals surface area (Å²) in [6, 6.07) is 7.26. The van der Waals surface area contributed by atoms with Crippen molar-refractivity contribution in [2.45, 2.75) is 32.7 Å². The number of carbonyl (C=O) groups excluding carboxylic acids is 1. The third kappa shape index (κ3) is 3.86. The summed E-state index contributed by atoms with van der Waals surface area (Å²) in [4.78, 5) is 13.8. The van der Waals surface area contributed by atoms with E-state index in [1.165, 1.54) is 5.56 Å². The summed E-state index contributed by atoms with van der Waals surface area (Å²) >= 11 is 0. The van der Waals surface area contributed by atoms with Crippen LogP contribution < -0.4 is 5.73 Å². The van der Waals surface area contributed by atoms with E-state index in [0.29, 0.717) is 0 Å².